The van der Waals surface area contributed by atoms with Crippen LogP contribution in [0.1, 0.15) is 30.7 Å². The number of nitrogens with two attached hydrogens (primary N) is 1. The van der Waals surface area contributed by atoms with Gasteiger partial charge in [0.2, 0.25) is 0 Å². The molecule has 0 bridgehead atoms. The third-order valence-electron chi connectivity index (χ3n) is 5.50. The molecule has 0 spiro atoms. The zero-order valence-electron chi connectivity index (χ0n) is 16.4. The Balaban J connectivity index is 1.84. The lowest BCUT2D eigenvalue weighted by Gasteiger charge is -2.33. The molecule has 4 rings (SSSR count). The summed E-state index contributed by atoms with van der Waals surface area (Å²) in [6, 6.07) is 6.34. The van der Waals surface area contributed by atoms with E-state index in [4.69, 9.17) is 15.7 Å². The molecule has 5 heteroatoms. The molecule has 3 N–H and O–H groups in total. The van der Waals surface area contributed by atoms with Crippen LogP contribution in [0.5, 0.6) is 0 Å². The van der Waals surface area contributed by atoms with Crippen LogP contribution in [0.2, 0.25) is 0 Å². The van der Waals surface area contributed by atoms with E-state index in [1.54, 1.807) is 6.08 Å². The average Bonchev–Trinajstić information content (AvgIpc) is 2.69. The minimum absolute atomic E-state index is 0.500. The number of aliphatic hydroxyl groups is 1. The van der Waals surface area contributed by atoms with E-state index >= 15 is 0 Å². The Labute approximate surface area is 166 Å². The minimum Gasteiger partial charge on any atom is -0.385 e. The van der Waals surface area contributed by atoms with Gasteiger partial charge in [0.05, 0.1) is 11.6 Å². The minimum atomic E-state index is -0.628. The summed E-state index contributed by atoms with van der Waals surface area (Å²) in [5.74, 6) is 2.13. The molecular formula is C23H28N4O. The van der Waals surface area contributed by atoms with E-state index < -0.39 is 6.10 Å². The molecule has 1 saturated heterocycles. The highest BCUT2D eigenvalue weighted by molar-refractivity contribution is 5.91. The third kappa shape index (κ3) is 4.01. The fourth-order valence-corrected chi connectivity index (χ4v) is 3.98. The molecule has 5 nitrogen and oxygen atoms in total. The third-order valence-corrected chi connectivity index (χ3v) is 5.50. The number of aromatic nitrogens is 2. The molecule has 2 atom stereocenters. The van der Waals surface area contributed by atoms with Crippen LogP contribution in [0.15, 0.2) is 48.6 Å². The van der Waals surface area contributed by atoms with Gasteiger partial charge in [-0.05, 0) is 62.4 Å². The standard InChI is InChI=1S/C23H28N4O/c1-16-9-10-20-21(12-16)25-22(18-7-3-2-4-8-19(28)13-18)26-23(20)27-11-5-6-17(14-24)15-27/h3-4,7-10,12-13,17,19,28H,2,5-6,11,14-15,24H2,1H3/b7-3-,8-4-,18-13?. The first kappa shape index (κ1) is 18.8. The smallest absolute Gasteiger partial charge is 0.161 e. The summed E-state index contributed by atoms with van der Waals surface area (Å²) in [5, 5.41) is 11.3. The number of hydrogen-bond acceptors (Lipinski definition) is 5. The average molecular weight is 377 g/mol. The van der Waals surface area contributed by atoms with Crippen LogP contribution in [0, 0.1) is 12.8 Å². The molecule has 28 heavy (non-hydrogen) atoms. The van der Waals surface area contributed by atoms with E-state index in [0.717, 1.165) is 48.2 Å². The molecule has 2 heterocycles. The molecule has 2 unspecified atom stereocenters. The van der Waals surface area contributed by atoms with Crippen molar-refractivity contribution >= 4 is 22.3 Å². The van der Waals surface area contributed by atoms with Crippen LogP contribution in [-0.2, 0) is 0 Å². The molecule has 146 valence electrons. The van der Waals surface area contributed by atoms with Gasteiger partial charge in [0.25, 0.3) is 0 Å². The number of benzene rings is 1. The quantitative estimate of drug-likeness (QED) is 0.804. The maximum absolute atomic E-state index is 10.2. The number of anilines is 1. The lowest BCUT2D eigenvalue weighted by atomic mass is 9.98. The number of rotatable bonds is 3. The van der Waals surface area contributed by atoms with E-state index in [-0.39, 0.29) is 0 Å². The van der Waals surface area contributed by atoms with Gasteiger partial charge < -0.3 is 15.7 Å². The number of aliphatic hydroxyl groups excluding tert-OH is 1. The Kier molecular flexibility index (Phi) is 5.55. The Bertz CT molecular complexity index is 947. The summed E-state index contributed by atoms with van der Waals surface area (Å²) in [6.45, 7) is 4.69. The normalized spacial score (nSPS) is 25.1. The molecule has 1 aromatic carbocycles. The summed E-state index contributed by atoms with van der Waals surface area (Å²) in [5.41, 5.74) is 8.93. The summed E-state index contributed by atoms with van der Waals surface area (Å²) in [7, 11) is 0. The predicted octanol–water partition coefficient (Wildman–Crippen LogP) is 3.37. The van der Waals surface area contributed by atoms with Crippen molar-refractivity contribution in [2.24, 2.45) is 11.7 Å². The zero-order chi connectivity index (χ0) is 19.5. The molecule has 1 aliphatic heterocycles. The second-order valence-corrected chi connectivity index (χ2v) is 7.76. The Hall–Kier alpha value is -2.50. The number of aryl methyl sites for hydroxylation is 1. The molecule has 0 amide bonds. The largest absolute Gasteiger partial charge is 0.385 e. The summed E-state index contributed by atoms with van der Waals surface area (Å²) >= 11 is 0. The van der Waals surface area contributed by atoms with Crippen molar-refractivity contribution in [2.45, 2.75) is 32.3 Å². The summed E-state index contributed by atoms with van der Waals surface area (Å²) < 4.78 is 0. The Morgan fingerprint density at radius 1 is 1.25 bits per heavy atom. The van der Waals surface area contributed by atoms with E-state index in [9.17, 15) is 5.11 Å². The first-order chi connectivity index (χ1) is 13.6. The zero-order valence-corrected chi connectivity index (χ0v) is 16.4. The lowest BCUT2D eigenvalue weighted by molar-refractivity contribution is 0.272. The molecule has 0 radical (unpaired) electrons. The first-order valence-electron chi connectivity index (χ1n) is 10.1. The van der Waals surface area contributed by atoms with Crippen LogP contribution >= 0.6 is 0 Å². The van der Waals surface area contributed by atoms with Gasteiger partial charge >= 0.3 is 0 Å². The lowest BCUT2D eigenvalue weighted by Crippen LogP contribution is -2.39. The van der Waals surface area contributed by atoms with Gasteiger partial charge in [-0.1, -0.05) is 30.4 Å². The van der Waals surface area contributed by atoms with Crippen molar-refractivity contribution in [3.63, 3.8) is 0 Å². The van der Waals surface area contributed by atoms with Crippen molar-refractivity contribution in [1.29, 1.82) is 0 Å². The van der Waals surface area contributed by atoms with Gasteiger partial charge in [0.1, 0.15) is 5.82 Å². The van der Waals surface area contributed by atoms with Crippen molar-refractivity contribution in [2.75, 3.05) is 24.5 Å². The van der Waals surface area contributed by atoms with Crippen molar-refractivity contribution in [3.8, 4) is 0 Å². The van der Waals surface area contributed by atoms with Gasteiger partial charge in [0.15, 0.2) is 5.82 Å². The monoisotopic (exact) mass is 376 g/mol. The highest BCUT2D eigenvalue weighted by atomic mass is 16.3. The van der Waals surface area contributed by atoms with E-state index in [1.165, 1.54) is 12.0 Å². The second-order valence-electron chi connectivity index (χ2n) is 7.76. The van der Waals surface area contributed by atoms with Gasteiger partial charge in [-0.15, -0.1) is 0 Å². The SMILES string of the molecule is Cc1ccc2c(N3CCCC(CN)C3)nc(C3=CC(O)/C=C\C/C=C\3)nc2c1. The molecule has 1 fully saturated rings. The van der Waals surface area contributed by atoms with Gasteiger partial charge in [0, 0.05) is 24.0 Å². The molecule has 2 aromatic rings. The Morgan fingerprint density at radius 2 is 2.14 bits per heavy atom. The number of piperidine rings is 1. The fourth-order valence-electron chi connectivity index (χ4n) is 3.98. The van der Waals surface area contributed by atoms with Gasteiger partial charge in [-0.2, -0.15) is 0 Å². The molecular weight excluding hydrogens is 348 g/mol. The van der Waals surface area contributed by atoms with E-state index in [2.05, 4.69) is 36.1 Å². The highest BCUT2D eigenvalue weighted by Crippen LogP contribution is 2.30. The summed E-state index contributed by atoms with van der Waals surface area (Å²) in [4.78, 5) is 12.2. The molecule has 2 aliphatic rings. The first-order valence-corrected chi connectivity index (χ1v) is 10.1. The number of fused-ring (bicyclic) bond motifs is 1. The van der Waals surface area contributed by atoms with Gasteiger partial charge in [-0.3, -0.25) is 0 Å². The maximum Gasteiger partial charge on any atom is 0.161 e. The highest BCUT2D eigenvalue weighted by Gasteiger charge is 2.23. The fraction of sp³-hybridized carbons (Fsp3) is 0.391. The number of hydrogen-bond donors (Lipinski definition) is 2. The van der Waals surface area contributed by atoms with Crippen LogP contribution in [0.3, 0.4) is 0 Å². The van der Waals surface area contributed by atoms with E-state index in [1.807, 2.05) is 18.2 Å². The molecule has 0 saturated carbocycles. The summed E-state index contributed by atoms with van der Waals surface area (Å²) in [6.07, 6.45) is 12.1. The van der Waals surface area contributed by atoms with Crippen molar-refractivity contribution in [1.82, 2.24) is 9.97 Å². The number of allylic oxidation sites excluding steroid dienone is 4. The van der Waals surface area contributed by atoms with Crippen LogP contribution in [0.25, 0.3) is 16.5 Å². The topological polar surface area (TPSA) is 75.3 Å². The van der Waals surface area contributed by atoms with Gasteiger partial charge in [-0.25, -0.2) is 9.97 Å². The maximum atomic E-state index is 10.2. The molecule has 1 aromatic heterocycles. The van der Waals surface area contributed by atoms with Crippen molar-refractivity contribution in [3.05, 3.63) is 60.0 Å². The number of nitrogens with zero attached hydrogens (tertiary/aromatic N) is 3. The van der Waals surface area contributed by atoms with Crippen LogP contribution in [0.4, 0.5) is 5.82 Å². The molecule has 1 aliphatic carbocycles. The Morgan fingerprint density at radius 3 is 3.00 bits per heavy atom. The van der Waals surface area contributed by atoms with E-state index in [0.29, 0.717) is 18.3 Å². The van der Waals surface area contributed by atoms with Crippen molar-refractivity contribution < 1.29 is 5.11 Å². The van der Waals surface area contributed by atoms with Crippen LogP contribution in [-0.4, -0.2) is 40.8 Å². The predicted molar refractivity (Wildman–Crippen MR) is 115 cm³/mol. The second kappa shape index (κ2) is 8.25. The van der Waals surface area contributed by atoms with Crippen LogP contribution < -0.4 is 10.6 Å².